The molecular formula is C29H36FN7O2. The Kier molecular flexibility index (Phi) is 6.28. The fourth-order valence-electron chi connectivity index (χ4n) is 6.92. The molecule has 10 heteroatoms. The molecule has 6 heterocycles. The van der Waals surface area contributed by atoms with E-state index < -0.39 is 11.9 Å². The van der Waals surface area contributed by atoms with Gasteiger partial charge in [-0.15, -0.1) is 0 Å². The van der Waals surface area contributed by atoms with Crippen molar-refractivity contribution in [2.75, 3.05) is 49.6 Å². The summed E-state index contributed by atoms with van der Waals surface area (Å²) in [6.07, 6.45) is 6.09. The predicted molar refractivity (Wildman–Crippen MR) is 148 cm³/mol. The molecule has 4 aliphatic rings. The third-order valence-corrected chi connectivity index (χ3v) is 8.91. The second-order valence-corrected chi connectivity index (χ2v) is 11.7. The van der Waals surface area contributed by atoms with Crippen LogP contribution in [0.4, 0.5) is 21.7 Å². The first-order valence-corrected chi connectivity index (χ1v) is 14.2. The lowest BCUT2D eigenvalue weighted by Gasteiger charge is -2.35. The molecule has 0 amide bonds. The van der Waals surface area contributed by atoms with Gasteiger partial charge in [0, 0.05) is 49.5 Å². The van der Waals surface area contributed by atoms with Crippen LogP contribution in [0.5, 0.6) is 6.01 Å². The molecule has 1 aromatic carbocycles. The molecule has 0 spiro atoms. The maximum Gasteiger partial charge on any atom is 0.319 e. The molecule has 206 valence electrons. The Balaban J connectivity index is 1.32. The number of likely N-dealkylation sites (N-methyl/N-ethyl adjacent to an activating group) is 1. The monoisotopic (exact) mass is 533 g/mol. The fourth-order valence-corrected chi connectivity index (χ4v) is 6.92. The number of aryl methyl sites for hydroxylation is 1. The minimum Gasteiger partial charge on any atom is -0.462 e. The van der Waals surface area contributed by atoms with Gasteiger partial charge in [-0.3, -0.25) is 0 Å². The van der Waals surface area contributed by atoms with Crippen LogP contribution in [0.1, 0.15) is 36.8 Å². The minimum atomic E-state index is -0.615. The maximum atomic E-state index is 16.5. The van der Waals surface area contributed by atoms with Crippen LogP contribution in [0.25, 0.3) is 10.9 Å². The zero-order valence-corrected chi connectivity index (χ0v) is 22.6. The Morgan fingerprint density at radius 3 is 2.69 bits per heavy atom. The van der Waals surface area contributed by atoms with Gasteiger partial charge in [-0.05, 0) is 57.3 Å². The molecule has 7 rings (SSSR count). The molecule has 2 aromatic heterocycles. The van der Waals surface area contributed by atoms with Gasteiger partial charge in [0.25, 0.3) is 0 Å². The molecule has 3 fully saturated rings. The molecule has 0 aliphatic carbocycles. The Morgan fingerprint density at radius 1 is 1.10 bits per heavy atom. The van der Waals surface area contributed by atoms with Gasteiger partial charge in [-0.2, -0.15) is 9.97 Å². The van der Waals surface area contributed by atoms with E-state index in [0.717, 1.165) is 62.1 Å². The number of piperazine rings is 1. The summed E-state index contributed by atoms with van der Waals surface area (Å²) in [5.41, 5.74) is 3.12. The Hall–Kier alpha value is -3.08. The number of aliphatic hydroxyl groups excluding tert-OH is 1. The Labute approximate surface area is 228 Å². The predicted octanol–water partition coefficient (Wildman–Crippen LogP) is 2.94. The van der Waals surface area contributed by atoms with E-state index in [1.807, 2.05) is 25.1 Å². The van der Waals surface area contributed by atoms with Crippen molar-refractivity contribution < 1.29 is 14.2 Å². The van der Waals surface area contributed by atoms with Crippen molar-refractivity contribution in [3.8, 4) is 6.01 Å². The summed E-state index contributed by atoms with van der Waals surface area (Å²) in [4.78, 5) is 20.4. The molecule has 3 saturated heterocycles. The Morgan fingerprint density at radius 2 is 1.92 bits per heavy atom. The first-order chi connectivity index (χ1) is 18.9. The SMILES string of the molecule is Cc1cccc2c1N(c1ncc3c(N4C[C@H]5CC[C@@H](C4)N5)nc(OC[C@@H]4CCCN4C)nc3c1F)CC(O)C2. The summed E-state index contributed by atoms with van der Waals surface area (Å²) in [5, 5.41) is 14.9. The molecule has 0 radical (unpaired) electrons. The highest BCUT2D eigenvalue weighted by Crippen LogP contribution is 2.39. The number of anilines is 3. The molecule has 4 aliphatic heterocycles. The molecule has 2 bridgehead atoms. The molecule has 0 saturated carbocycles. The van der Waals surface area contributed by atoms with Gasteiger partial charge in [0.05, 0.1) is 18.0 Å². The molecular weight excluding hydrogens is 497 g/mol. The number of nitrogens with one attached hydrogen (secondary N) is 1. The first-order valence-electron chi connectivity index (χ1n) is 14.2. The quantitative estimate of drug-likeness (QED) is 0.514. The van der Waals surface area contributed by atoms with Crippen LogP contribution < -0.4 is 19.9 Å². The van der Waals surface area contributed by atoms with Crippen molar-refractivity contribution in [1.82, 2.24) is 25.2 Å². The number of fused-ring (bicyclic) bond motifs is 4. The average Bonchev–Trinajstić information content (AvgIpc) is 3.50. The zero-order valence-electron chi connectivity index (χ0n) is 22.6. The van der Waals surface area contributed by atoms with E-state index in [4.69, 9.17) is 9.72 Å². The van der Waals surface area contributed by atoms with Crippen LogP contribution in [0.2, 0.25) is 0 Å². The van der Waals surface area contributed by atoms with Crippen LogP contribution in [-0.4, -0.2) is 89.0 Å². The summed E-state index contributed by atoms with van der Waals surface area (Å²) in [7, 11) is 2.11. The summed E-state index contributed by atoms with van der Waals surface area (Å²) >= 11 is 0. The lowest BCUT2D eigenvalue weighted by molar-refractivity contribution is 0.178. The lowest BCUT2D eigenvalue weighted by Crippen LogP contribution is -2.51. The van der Waals surface area contributed by atoms with Crippen molar-refractivity contribution >= 4 is 28.2 Å². The minimum absolute atomic E-state index is 0.170. The molecule has 1 unspecified atom stereocenters. The van der Waals surface area contributed by atoms with Crippen molar-refractivity contribution in [3.05, 3.63) is 41.3 Å². The van der Waals surface area contributed by atoms with E-state index in [9.17, 15) is 5.11 Å². The number of halogens is 1. The highest BCUT2D eigenvalue weighted by molar-refractivity contribution is 5.92. The number of hydrogen-bond donors (Lipinski definition) is 2. The summed E-state index contributed by atoms with van der Waals surface area (Å²) in [6, 6.07) is 7.27. The molecule has 2 N–H and O–H groups in total. The second kappa shape index (κ2) is 9.83. The maximum absolute atomic E-state index is 16.5. The average molecular weight is 534 g/mol. The van der Waals surface area contributed by atoms with Gasteiger partial charge >= 0.3 is 6.01 Å². The number of benzene rings is 1. The number of β-amino-alcohol motifs (C(OH)–C–C–N with tert-alkyl or cyclic N) is 1. The highest BCUT2D eigenvalue weighted by atomic mass is 19.1. The van der Waals surface area contributed by atoms with Gasteiger partial charge in [0.15, 0.2) is 11.6 Å². The number of hydrogen-bond acceptors (Lipinski definition) is 9. The molecule has 4 atom stereocenters. The molecule has 3 aromatic rings. The molecule has 9 nitrogen and oxygen atoms in total. The number of para-hydroxylation sites is 1. The van der Waals surface area contributed by atoms with E-state index in [2.05, 4.69) is 32.1 Å². The Bertz CT molecular complexity index is 1390. The van der Waals surface area contributed by atoms with Gasteiger partial charge < -0.3 is 29.9 Å². The molecule has 39 heavy (non-hydrogen) atoms. The largest absolute Gasteiger partial charge is 0.462 e. The van der Waals surface area contributed by atoms with Crippen LogP contribution in [0.3, 0.4) is 0 Å². The number of likely N-dealkylation sites (tertiary alicyclic amines) is 1. The normalized spacial score (nSPS) is 26.9. The van der Waals surface area contributed by atoms with Gasteiger partial charge in [0.1, 0.15) is 17.9 Å². The number of aromatic nitrogens is 3. The lowest BCUT2D eigenvalue weighted by atomic mass is 9.96. The highest BCUT2D eigenvalue weighted by Gasteiger charge is 2.35. The number of aliphatic hydroxyl groups is 1. The van der Waals surface area contributed by atoms with E-state index in [1.165, 1.54) is 0 Å². The third kappa shape index (κ3) is 4.48. The third-order valence-electron chi connectivity index (χ3n) is 8.91. The number of pyridine rings is 1. The van der Waals surface area contributed by atoms with Crippen LogP contribution >= 0.6 is 0 Å². The van der Waals surface area contributed by atoms with Gasteiger partial charge in [-0.25, -0.2) is 9.37 Å². The van der Waals surface area contributed by atoms with Crippen molar-refractivity contribution in [1.29, 1.82) is 0 Å². The van der Waals surface area contributed by atoms with Crippen molar-refractivity contribution in [2.24, 2.45) is 0 Å². The first kappa shape index (κ1) is 24.9. The topological polar surface area (TPSA) is 89.9 Å². The van der Waals surface area contributed by atoms with Crippen LogP contribution in [-0.2, 0) is 6.42 Å². The summed E-state index contributed by atoms with van der Waals surface area (Å²) < 4.78 is 22.7. The summed E-state index contributed by atoms with van der Waals surface area (Å²) in [5.74, 6) is 0.338. The van der Waals surface area contributed by atoms with E-state index >= 15 is 4.39 Å². The van der Waals surface area contributed by atoms with Gasteiger partial charge in [0.2, 0.25) is 0 Å². The number of ether oxygens (including phenoxy) is 1. The van der Waals surface area contributed by atoms with E-state index in [0.29, 0.717) is 42.4 Å². The van der Waals surface area contributed by atoms with Crippen LogP contribution in [0.15, 0.2) is 24.4 Å². The van der Waals surface area contributed by atoms with Gasteiger partial charge in [-0.1, -0.05) is 18.2 Å². The van der Waals surface area contributed by atoms with Crippen molar-refractivity contribution in [3.63, 3.8) is 0 Å². The fraction of sp³-hybridized carbons (Fsp3) is 0.552. The van der Waals surface area contributed by atoms with E-state index in [1.54, 1.807) is 11.1 Å². The second-order valence-electron chi connectivity index (χ2n) is 11.7. The number of nitrogens with zero attached hydrogens (tertiary/aromatic N) is 6. The standard InChI is InChI=1S/C29H36FN7O2/c1-17-5-3-6-18-11-22(38)15-37(26(17)18)28-24(30)25-23(12-31-28)27(36-13-19-8-9-20(14-36)32-19)34-29(33-25)39-16-21-7-4-10-35(21)2/h3,5-6,12,19-22,32,38H,4,7-11,13-16H2,1-2H3/t19-,20+,21-,22?/m0/s1. The number of rotatable bonds is 5. The summed E-state index contributed by atoms with van der Waals surface area (Å²) in [6.45, 7) is 5.41. The van der Waals surface area contributed by atoms with Crippen LogP contribution in [0, 0.1) is 12.7 Å². The zero-order chi connectivity index (χ0) is 26.7. The van der Waals surface area contributed by atoms with Crippen molar-refractivity contribution in [2.45, 2.75) is 63.3 Å². The van der Waals surface area contributed by atoms with E-state index in [-0.39, 0.29) is 23.9 Å². The smallest absolute Gasteiger partial charge is 0.319 e.